The molecule has 0 spiro atoms. The Bertz CT molecular complexity index is 507. The van der Waals surface area contributed by atoms with E-state index < -0.39 is 0 Å². The number of nitrogens with zero attached hydrogens (tertiary/aromatic N) is 1. The molecular formula is C14H21N3O3. The van der Waals surface area contributed by atoms with Gasteiger partial charge < -0.3 is 19.9 Å². The maximum Gasteiger partial charge on any atom is 0.250 e. The molecule has 2 heterocycles. The van der Waals surface area contributed by atoms with Crippen LogP contribution in [0.2, 0.25) is 0 Å². The van der Waals surface area contributed by atoms with Gasteiger partial charge in [0.1, 0.15) is 0 Å². The molecule has 0 aromatic carbocycles. The van der Waals surface area contributed by atoms with Crippen molar-refractivity contribution in [3.63, 3.8) is 0 Å². The van der Waals surface area contributed by atoms with Crippen molar-refractivity contribution in [1.29, 1.82) is 0 Å². The van der Waals surface area contributed by atoms with Crippen LogP contribution in [0.3, 0.4) is 0 Å². The lowest BCUT2D eigenvalue weighted by molar-refractivity contribution is -0.116. The number of aromatic nitrogens is 1. The average Bonchev–Trinajstić information content (AvgIpc) is 2.92. The number of carbonyl (C=O) groups is 1. The van der Waals surface area contributed by atoms with Crippen LogP contribution in [0.4, 0.5) is 5.69 Å². The van der Waals surface area contributed by atoms with E-state index in [9.17, 15) is 9.59 Å². The number of ether oxygens (including phenoxy) is 1. The third-order valence-corrected chi connectivity index (χ3v) is 3.40. The van der Waals surface area contributed by atoms with Crippen molar-refractivity contribution >= 4 is 11.6 Å². The lowest BCUT2D eigenvalue weighted by atomic mass is 10.1. The Labute approximate surface area is 118 Å². The van der Waals surface area contributed by atoms with Crippen molar-refractivity contribution in [2.75, 3.05) is 25.6 Å². The molecule has 1 aromatic heterocycles. The van der Waals surface area contributed by atoms with Crippen LogP contribution in [0, 0.1) is 0 Å². The van der Waals surface area contributed by atoms with E-state index in [2.05, 4.69) is 10.6 Å². The van der Waals surface area contributed by atoms with Gasteiger partial charge in [0.2, 0.25) is 5.91 Å². The summed E-state index contributed by atoms with van der Waals surface area (Å²) < 4.78 is 6.49. The Morgan fingerprint density at radius 2 is 2.40 bits per heavy atom. The minimum Gasteiger partial charge on any atom is -0.383 e. The highest BCUT2D eigenvalue weighted by molar-refractivity contribution is 5.90. The van der Waals surface area contributed by atoms with Gasteiger partial charge >= 0.3 is 0 Å². The molecule has 1 aliphatic rings. The van der Waals surface area contributed by atoms with E-state index in [4.69, 9.17) is 4.74 Å². The molecule has 20 heavy (non-hydrogen) atoms. The van der Waals surface area contributed by atoms with E-state index in [0.717, 1.165) is 19.4 Å². The molecule has 0 bridgehead atoms. The van der Waals surface area contributed by atoms with E-state index >= 15 is 0 Å². The molecule has 0 radical (unpaired) electrons. The van der Waals surface area contributed by atoms with Crippen LogP contribution in [-0.2, 0) is 16.1 Å². The number of hydrogen-bond donors (Lipinski definition) is 2. The third-order valence-electron chi connectivity index (χ3n) is 3.40. The van der Waals surface area contributed by atoms with Crippen LogP contribution < -0.4 is 16.2 Å². The molecule has 6 nitrogen and oxygen atoms in total. The smallest absolute Gasteiger partial charge is 0.250 e. The van der Waals surface area contributed by atoms with Crippen LogP contribution in [0.15, 0.2) is 23.1 Å². The first-order valence-electron chi connectivity index (χ1n) is 6.91. The topological polar surface area (TPSA) is 72.4 Å². The van der Waals surface area contributed by atoms with Gasteiger partial charge in [-0.15, -0.1) is 0 Å². The Morgan fingerprint density at radius 1 is 1.55 bits per heavy atom. The number of hydrogen-bond acceptors (Lipinski definition) is 4. The highest BCUT2D eigenvalue weighted by Crippen LogP contribution is 2.11. The molecule has 1 saturated heterocycles. The molecule has 1 atom stereocenters. The zero-order valence-electron chi connectivity index (χ0n) is 11.7. The van der Waals surface area contributed by atoms with Gasteiger partial charge in [0.15, 0.2) is 0 Å². The molecule has 0 saturated carbocycles. The van der Waals surface area contributed by atoms with Gasteiger partial charge in [-0.05, 0) is 25.5 Å². The van der Waals surface area contributed by atoms with Crippen LogP contribution >= 0.6 is 0 Å². The molecule has 1 aromatic rings. The fourth-order valence-electron chi connectivity index (χ4n) is 2.34. The number of methoxy groups -OCH3 is 1. The van der Waals surface area contributed by atoms with Gasteiger partial charge in [-0.3, -0.25) is 9.59 Å². The third kappa shape index (κ3) is 4.18. The molecule has 6 heteroatoms. The first kappa shape index (κ1) is 14.7. The summed E-state index contributed by atoms with van der Waals surface area (Å²) >= 11 is 0. The minimum absolute atomic E-state index is 0.0265. The maximum atomic E-state index is 11.9. The zero-order chi connectivity index (χ0) is 14.4. The minimum atomic E-state index is -0.0995. The highest BCUT2D eigenvalue weighted by atomic mass is 16.5. The molecular weight excluding hydrogens is 258 g/mol. The molecule has 2 N–H and O–H groups in total. The van der Waals surface area contributed by atoms with Gasteiger partial charge in [-0.2, -0.15) is 0 Å². The molecule has 110 valence electrons. The van der Waals surface area contributed by atoms with Gasteiger partial charge in [0.25, 0.3) is 5.56 Å². The first-order valence-corrected chi connectivity index (χ1v) is 6.91. The van der Waals surface area contributed by atoms with Crippen molar-refractivity contribution in [2.24, 2.45) is 0 Å². The standard InChI is InChI=1S/C14H21N3O3/c1-20-8-7-17-10-12(4-5-14(17)19)16-13(18)9-11-3-2-6-15-11/h4-5,10-11,15H,2-3,6-9H2,1H3,(H,16,18). The summed E-state index contributed by atoms with van der Waals surface area (Å²) in [6.45, 7) is 1.92. The predicted octanol–water partition coefficient (Wildman–Crippen LogP) is 0.575. The number of rotatable bonds is 6. The Kier molecular flexibility index (Phi) is 5.31. The second-order valence-corrected chi connectivity index (χ2v) is 4.99. The van der Waals surface area contributed by atoms with Gasteiger partial charge in [0, 0.05) is 38.4 Å². The number of pyridine rings is 1. The molecule has 1 fully saturated rings. The molecule has 2 rings (SSSR count). The van der Waals surface area contributed by atoms with E-state index in [-0.39, 0.29) is 17.5 Å². The van der Waals surface area contributed by atoms with Crippen LogP contribution in [-0.4, -0.2) is 36.8 Å². The van der Waals surface area contributed by atoms with Crippen molar-refractivity contribution in [3.05, 3.63) is 28.7 Å². The highest BCUT2D eigenvalue weighted by Gasteiger charge is 2.17. The Balaban J connectivity index is 1.94. The normalized spacial score (nSPS) is 18.1. The lowest BCUT2D eigenvalue weighted by Crippen LogP contribution is -2.28. The summed E-state index contributed by atoms with van der Waals surface area (Å²) in [6, 6.07) is 3.36. The summed E-state index contributed by atoms with van der Waals surface area (Å²) in [5.41, 5.74) is 0.543. The Hall–Kier alpha value is -1.66. The van der Waals surface area contributed by atoms with Gasteiger partial charge in [0.05, 0.1) is 12.3 Å². The van der Waals surface area contributed by atoms with Crippen molar-refractivity contribution in [2.45, 2.75) is 31.8 Å². The van der Waals surface area contributed by atoms with E-state index in [1.54, 1.807) is 19.4 Å². The summed E-state index contributed by atoms with van der Waals surface area (Å²) in [4.78, 5) is 23.5. The van der Waals surface area contributed by atoms with Crippen molar-refractivity contribution < 1.29 is 9.53 Å². The second kappa shape index (κ2) is 7.21. The van der Waals surface area contributed by atoms with Crippen molar-refractivity contribution in [1.82, 2.24) is 9.88 Å². The molecule has 1 amide bonds. The number of amides is 1. The lowest BCUT2D eigenvalue weighted by Gasteiger charge is -2.12. The molecule has 0 aliphatic carbocycles. The predicted molar refractivity (Wildman–Crippen MR) is 76.8 cm³/mol. The first-order chi connectivity index (χ1) is 9.69. The summed E-state index contributed by atoms with van der Waals surface area (Å²) in [5.74, 6) is -0.0265. The van der Waals surface area contributed by atoms with Gasteiger partial charge in [-0.1, -0.05) is 0 Å². The number of nitrogens with one attached hydrogen (secondary N) is 2. The van der Waals surface area contributed by atoms with Crippen LogP contribution in [0.1, 0.15) is 19.3 Å². The monoisotopic (exact) mass is 279 g/mol. The van der Waals surface area contributed by atoms with E-state index in [0.29, 0.717) is 25.3 Å². The number of carbonyl (C=O) groups excluding carboxylic acids is 1. The van der Waals surface area contributed by atoms with Gasteiger partial charge in [-0.25, -0.2) is 0 Å². The Morgan fingerprint density at radius 3 is 3.10 bits per heavy atom. The van der Waals surface area contributed by atoms with E-state index in [1.165, 1.54) is 10.6 Å². The maximum absolute atomic E-state index is 11.9. The quantitative estimate of drug-likeness (QED) is 0.799. The fraction of sp³-hybridized carbons (Fsp3) is 0.571. The summed E-state index contributed by atoms with van der Waals surface area (Å²) in [5, 5.41) is 6.12. The second-order valence-electron chi connectivity index (χ2n) is 4.99. The van der Waals surface area contributed by atoms with Crippen LogP contribution in [0.25, 0.3) is 0 Å². The SMILES string of the molecule is COCCn1cc(NC(=O)CC2CCCN2)ccc1=O. The largest absolute Gasteiger partial charge is 0.383 e. The molecule has 1 aliphatic heterocycles. The fourth-order valence-corrected chi connectivity index (χ4v) is 2.34. The number of anilines is 1. The zero-order valence-corrected chi connectivity index (χ0v) is 11.7. The molecule has 1 unspecified atom stereocenters. The summed E-state index contributed by atoms with van der Waals surface area (Å²) in [7, 11) is 1.59. The van der Waals surface area contributed by atoms with Crippen LogP contribution in [0.5, 0.6) is 0 Å². The average molecular weight is 279 g/mol. The van der Waals surface area contributed by atoms with Crippen molar-refractivity contribution in [3.8, 4) is 0 Å². The summed E-state index contributed by atoms with van der Waals surface area (Å²) in [6.07, 6.45) is 4.29. The van der Waals surface area contributed by atoms with E-state index in [1.807, 2.05) is 0 Å².